The highest BCUT2D eigenvalue weighted by Gasteiger charge is 2.45. The Bertz CT molecular complexity index is 1570. The first kappa shape index (κ1) is 23.7. The lowest BCUT2D eigenvalue weighted by Crippen LogP contribution is -2.51. The zero-order chi connectivity index (χ0) is 26.1. The highest BCUT2D eigenvalue weighted by molar-refractivity contribution is 7.22. The Labute approximate surface area is 229 Å². The Hall–Kier alpha value is -3.15. The van der Waals surface area contributed by atoms with Gasteiger partial charge in [-0.25, -0.2) is 9.37 Å². The molecule has 11 heteroatoms. The van der Waals surface area contributed by atoms with Crippen molar-refractivity contribution in [2.24, 2.45) is 0 Å². The van der Waals surface area contributed by atoms with Gasteiger partial charge in [-0.2, -0.15) is 9.97 Å². The third-order valence-electron chi connectivity index (χ3n) is 9.13. The number of aromatic nitrogens is 4. The summed E-state index contributed by atoms with van der Waals surface area (Å²) in [6.45, 7) is 4.41. The summed E-state index contributed by atoms with van der Waals surface area (Å²) in [5.74, 6) is 0.217. The van der Waals surface area contributed by atoms with Gasteiger partial charge >= 0.3 is 6.01 Å². The first-order valence-electron chi connectivity index (χ1n) is 14.0. The Morgan fingerprint density at radius 1 is 1.08 bits per heavy atom. The van der Waals surface area contributed by atoms with Crippen LogP contribution in [0.3, 0.4) is 0 Å². The molecule has 4 aliphatic heterocycles. The summed E-state index contributed by atoms with van der Waals surface area (Å²) in [4.78, 5) is 23.4. The molecule has 8 rings (SSSR count). The van der Waals surface area contributed by atoms with E-state index in [0.29, 0.717) is 46.1 Å². The minimum atomic E-state index is -0.486. The van der Waals surface area contributed by atoms with Crippen molar-refractivity contribution in [3.8, 4) is 17.3 Å². The second-order valence-corrected chi connectivity index (χ2v) is 12.5. The average molecular weight is 547 g/mol. The van der Waals surface area contributed by atoms with Crippen LogP contribution in [0.5, 0.6) is 6.01 Å². The summed E-state index contributed by atoms with van der Waals surface area (Å²) in [5.41, 5.74) is 7.73. The van der Waals surface area contributed by atoms with Crippen LogP contribution in [0.2, 0.25) is 0 Å². The number of anilines is 2. The Morgan fingerprint density at radius 3 is 2.67 bits per heavy atom. The van der Waals surface area contributed by atoms with Crippen molar-refractivity contribution < 1.29 is 9.13 Å². The van der Waals surface area contributed by atoms with E-state index >= 15 is 4.39 Å². The molecule has 2 atom stereocenters. The van der Waals surface area contributed by atoms with Crippen molar-refractivity contribution >= 4 is 43.4 Å². The van der Waals surface area contributed by atoms with E-state index in [1.54, 1.807) is 6.20 Å². The van der Waals surface area contributed by atoms with Gasteiger partial charge in [-0.3, -0.25) is 9.88 Å². The van der Waals surface area contributed by atoms with Crippen molar-refractivity contribution in [2.75, 3.05) is 43.4 Å². The van der Waals surface area contributed by atoms with Gasteiger partial charge in [0.15, 0.2) is 10.9 Å². The van der Waals surface area contributed by atoms with Crippen LogP contribution in [0.1, 0.15) is 38.5 Å². The van der Waals surface area contributed by atoms with Crippen LogP contribution in [0, 0.1) is 5.82 Å². The van der Waals surface area contributed by atoms with Crippen LogP contribution < -0.4 is 20.7 Å². The number of nitrogens with one attached hydrogen (secondary N) is 1. The number of hydrogen-bond donors (Lipinski definition) is 2. The van der Waals surface area contributed by atoms with Crippen molar-refractivity contribution in [1.29, 1.82) is 0 Å². The molecule has 39 heavy (non-hydrogen) atoms. The molecule has 0 amide bonds. The first-order valence-corrected chi connectivity index (χ1v) is 14.8. The molecule has 4 saturated heterocycles. The average Bonchev–Trinajstić information content (AvgIpc) is 3.70. The van der Waals surface area contributed by atoms with Crippen LogP contribution in [0.4, 0.5) is 15.3 Å². The van der Waals surface area contributed by atoms with E-state index in [0.717, 1.165) is 56.6 Å². The molecule has 0 unspecified atom stereocenters. The van der Waals surface area contributed by atoms with Crippen LogP contribution in [-0.4, -0.2) is 75.2 Å². The predicted molar refractivity (Wildman–Crippen MR) is 151 cm³/mol. The van der Waals surface area contributed by atoms with Gasteiger partial charge in [0.2, 0.25) is 0 Å². The Balaban J connectivity index is 1.24. The summed E-state index contributed by atoms with van der Waals surface area (Å²) in [7, 11) is 0. The zero-order valence-electron chi connectivity index (χ0n) is 21.7. The molecular formula is C28H31FN8OS. The number of rotatable bonds is 5. The van der Waals surface area contributed by atoms with Crippen molar-refractivity contribution in [3.05, 3.63) is 30.2 Å². The van der Waals surface area contributed by atoms with E-state index in [1.165, 1.54) is 24.2 Å². The fraction of sp³-hybridized carbons (Fsp3) is 0.500. The summed E-state index contributed by atoms with van der Waals surface area (Å²) in [5, 5.41) is 4.72. The molecule has 4 aromatic rings. The van der Waals surface area contributed by atoms with Gasteiger partial charge < -0.3 is 20.7 Å². The quantitative estimate of drug-likeness (QED) is 0.385. The number of hydrogen-bond acceptors (Lipinski definition) is 10. The van der Waals surface area contributed by atoms with Crippen molar-refractivity contribution in [2.45, 2.75) is 56.1 Å². The molecule has 3 N–H and O–H groups in total. The van der Waals surface area contributed by atoms with Crippen LogP contribution in [-0.2, 0) is 0 Å². The van der Waals surface area contributed by atoms with E-state index in [9.17, 15) is 0 Å². The molecule has 9 nitrogen and oxygen atoms in total. The summed E-state index contributed by atoms with van der Waals surface area (Å²) in [6, 6.07) is 6.71. The number of pyridine rings is 1. The van der Waals surface area contributed by atoms with E-state index in [2.05, 4.69) is 30.1 Å². The fourth-order valence-corrected chi connectivity index (χ4v) is 8.06. The maximum Gasteiger partial charge on any atom is 0.319 e. The number of fused-ring (bicyclic) bond motifs is 5. The smallest absolute Gasteiger partial charge is 0.319 e. The molecule has 0 saturated carbocycles. The zero-order valence-corrected chi connectivity index (χ0v) is 22.5. The summed E-state index contributed by atoms with van der Waals surface area (Å²) < 4.78 is 23.7. The van der Waals surface area contributed by atoms with Crippen LogP contribution >= 0.6 is 11.3 Å². The maximum absolute atomic E-state index is 16.4. The monoisotopic (exact) mass is 546 g/mol. The normalized spacial score (nSPS) is 24.2. The molecule has 2 bridgehead atoms. The summed E-state index contributed by atoms with van der Waals surface area (Å²) in [6.07, 6.45) is 8.61. The predicted octanol–water partition coefficient (Wildman–Crippen LogP) is 3.97. The highest BCUT2D eigenvalue weighted by atomic mass is 32.1. The topological polar surface area (TPSA) is 105 Å². The fourth-order valence-electron chi connectivity index (χ4n) is 7.30. The molecule has 3 aromatic heterocycles. The Morgan fingerprint density at radius 2 is 1.87 bits per heavy atom. The molecule has 4 fully saturated rings. The van der Waals surface area contributed by atoms with Gasteiger partial charge in [-0.15, -0.1) is 0 Å². The third-order valence-corrected chi connectivity index (χ3v) is 9.98. The number of thiazole rings is 1. The van der Waals surface area contributed by atoms with Gasteiger partial charge in [0.1, 0.15) is 23.6 Å². The molecule has 0 aliphatic carbocycles. The van der Waals surface area contributed by atoms with E-state index < -0.39 is 5.82 Å². The minimum Gasteiger partial charge on any atom is -0.461 e. The van der Waals surface area contributed by atoms with E-state index in [1.807, 2.05) is 18.2 Å². The lowest BCUT2D eigenvalue weighted by molar-refractivity contribution is 0.108. The second-order valence-electron chi connectivity index (χ2n) is 11.5. The molecule has 1 aromatic carbocycles. The number of ether oxygens (including phenoxy) is 1. The third kappa shape index (κ3) is 3.85. The number of para-hydroxylation sites is 1. The molecule has 7 heterocycles. The van der Waals surface area contributed by atoms with Crippen LogP contribution in [0.15, 0.2) is 24.4 Å². The SMILES string of the molecule is Nc1nc2c(-c3ncc4c(N5C[C@H]6CC[C@@H](C5)N6)nc(OCC56CCCN5CCC6)nc4c3F)cccc2s1. The minimum absolute atomic E-state index is 0.0504. The van der Waals surface area contributed by atoms with E-state index in [4.69, 9.17) is 15.5 Å². The number of benzene rings is 1. The molecular weight excluding hydrogens is 515 g/mol. The molecule has 0 radical (unpaired) electrons. The molecule has 4 aliphatic rings. The number of halogens is 1. The number of nitrogen functional groups attached to an aromatic ring is 1. The van der Waals surface area contributed by atoms with Crippen molar-refractivity contribution in [3.63, 3.8) is 0 Å². The number of piperazine rings is 1. The largest absolute Gasteiger partial charge is 0.461 e. The molecule has 202 valence electrons. The number of nitrogens with zero attached hydrogens (tertiary/aromatic N) is 6. The lowest BCUT2D eigenvalue weighted by atomic mass is 9.95. The highest BCUT2D eigenvalue weighted by Crippen LogP contribution is 2.40. The molecule has 0 spiro atoms. The standard InChI is InChI=1S/C28H31FN8OS/c29-21-23(18-4-1-5-20-22(18)33-26(30)39-20)31-12-19-24(21)34-27(38-15-28-8-2-10-37(28)11-3-9-28)35-25(19)36-13-16-6-7-17(14-36)32-16/h1,4-5,12,16-17,32H,2-3,6-11,13-15H2,(H2,30,33)/t16-,17+. The van der Waals surface area contributed by atoms with Gasteiger partial charge in [0.05, 0.1) is 21.1 Å². The Kier molecular flexibility index (Phi) is 5.43. The second kappa shape index (κ2) is 8.94. The van der Waals surface area contributed by atoms with E-state index in [-0.39, 0.29) is 22.8 Å². The van der Waals surface area contributed by atoms with Crippen LogP contribution in [0.25, 0.3) is 32.4 Å². The maximum atomic E-state index is 16.4. The summed E-state index contributed by atoms with van der Waals surface area (Å²) >= 11 is 1.38. The van der Waals surface area contributed by atoms with Crippen molar-refractivity contribution in [1.82, 2.24) is 30.2 Å². The van der Waals surface area contributed by atoms with Gasteiger partial charge in [0, 0.05) is 36.9 Å². The lowest BCUT2D eigenvalue weighted by Gasteiger charge is -2.34. The number of nitrogens with two attached hydrogens (primary N) is 1. The van der Waals surface area contributed by atoms with Gasteiger partial charge in [-0.1, -0.05) is 23.5 Å². The van der Waals surface area contributed by atoms with Gasteiger partial charge in [0.25, 0.3) is 0 Å². The first-order chi connectivity index (χ1) is 19.1. The van der Waals surface area contributed by atoms with Gasteiger partial charge in [-0.05, 0) is 57.7 Å².